The van der Waals surface area contributed by atoms with Gasteiger partial charge >= 0.3 is 13.4 Å². The highest BCUT2D eigenvalue weighted by Crippen LogP contribution is 2.52. The number of benzene rings is 3. The SMILES string of the molecule is Cc1c(Cl)c(=O)oc2c(C)c(OP(=O)(OCc3ccccc3)OCc3ccccc3)ccc12. The van der Waals surface area contributed by atoms with Crippen molar-refractivity contribution in [3.05, 3.63) is 110 Å². The molecule has 0 aliphatic heterocycles. The normalized spacial score (nSPS) is 11.6. The van der Waals surface area contributed by atoms with Gasteiger partial charge in [0.15, 0.2) is 0 Å². The molecule has 0 radical (unpaired) electrons. The second-order valence-electron chi connectivity index (χ2n) is 7.45. The van der Waals surface area contributed by atoms with Crippen LogP contribution in [0.3, 0.4) is 0 Å². The number of halogens is 1. The second kappa shape index (κ2) is 9.94. The molecular formula is C25H22ClO6P. The van der Waals surface area contributed by atoms with Crippen molar-refractivity contribution >= 4 is 30.4 Å². The molecule has 6 nitrogen and oxygen atoms in total. The zero-order valence-electron chi connectivity index (χ0n) is 18.1. The Morgan fingerprint density at radius 2 is 1.36 bits per heavy atom. The third-order valence-electron chi connectivity index (χ3n) is 5.14. The van der Waals surface area contributed by atoms with Crippen LogP contribution in [0.15, 0.2) is 82.0 Å². The third kappa shape index (κ3) is 5.37. The zero-order chi connectivity index (χ0) is 23.4. The highest BCUT2D eigenvalue weighted by atomic mass is 35.5. The van der Waals surface area contributed by atoms with Crippen molar-refractivity contribution in [1.82, 2.24) is 0 Å². The predicted octanol–water partition coefficient (Wildman–Crippen LogP) is 6.98. The lowest BCUT2D eigenvalue weighted by molar-refractivity contribution is 0.143. The van der Waals surface area contributed by atoms with E-state index in [-0.39, 0.29) is 24.0 Å². The molecule has 0 bridgehead atoms. The Kier molecular flexibility index (Phi) is 7.01. The summed E-state index contributed by atoms with van der Waals surface area (Å²) in [6.45, 7) is 3.50. The molecule has 0 saturated heterocycles. The quantitative estimate of drug-likeness (QED) is 0.198. The van der Waals surface area contributed by atoms with Gasteiger partial charge in [0, 0.05) is 10.9 Å². The lowest BCUT2D eigenvalue weighted by Gasteiger charge is -2.20. The molecule has 0 atom stereocenters. The maximum Gasteiger partial charge on any atom is 0.530 e. The minimum Gasteiger partial charge on any atom is -0.421 e. The van der Waals surface area contributed by atoms with Gasteiger partial charge in [-0.05, 0) is 42.7 Å². The average molecular weight is 485 g/mol. The van der Waals surface area contributed by atoms with Gasteiger partial charge in [-0.15, -0.1) is 0 Å². The van der Waals surface area contributed by atoms with E-state index in [2.05, 4.69) is 0 Å². The van der Waals surface area contributed by atoms with Gasteiger partial charge in [-0.2, -0.15) is 0 Å². The molecule has 0 aliphatic carbocycles. The number of fused-ring (bicyclic) bond motifs is 1. The number of phosphoric ester groups is 1. The highest BCUT2D eigenvalue weighted by Gasteiger charge is 2.30. The maximum absolute atomic E-state index is 13.6. The zero-order valence-corrected chi connectivity index (χ0v) is 19.8. The van der Waals surface area contributed by atoms with Crippen molar-refractivity contribution in [3.63, 3.8) is 0 Å². The van der Waals surface area contributed by atoms with Crippen LogP contribution in [0.4, 0.5) is 0 Å². The topological polar surface area (TPSA) is 75.0 Å². The molecule has 0 fully saturated rings. The lowest BCUT2D eigenvalue weighted by atomic mass is 10.1. The summed E-state index contributed by atoms with van der Waals surface area (Å²) in [4.78, 5) is 12.1. The number of rotatable bonds is 8. The van der Waals surface area contributed by atoms with E-state index in [0.29, 0.717) is 22.1 Å². The van der Waals surface area contributed by atoms with Gasteiger partial charge in [-0.25, -0.2) is 9.36 Å². The standard InChI is InChI=1S/C25H22ClO6P/c1-17-21-13-14-22(18(2)24(21)31-25(27)23(17)26)32-33(28,29-15-19-9-5-3-6-10-19)30-16-20-11-7-4-8-12-20/h3-14H,15-16H2,1-2H3. The van der Waals surface area contributed by atoms with E-state index < -0.39 is 13.4 Å². The number of hydrogen-bond donors (Lipinski definition) is 0. The molecule has 0 saturated carbocycles. The van der Waals surface area contributed by atoms with E-state index in [0.717, 1.165) is 11.1 Å². The van der Waals surface area contributed by atoms with Crippen LogP contribution < -0.4 is 10.1 Å². The van der Waals surface area contributed by atoms with Crippen molar-refractivity contribution in [2.45, 2.75) is 27.1 Å². The first kappa shape index (κ1) is 23.3. The van der Waals surface area contributed by atoms with Crippen LogP contribution in [0, 0.1) is 13.8 Å². The summed E-state index contributed by atoms with van der Waals surface area (Å²) in [6, 6.07) is 21.9. The van der Waals surface area contributed by atoms with Crippen molar-refractivity contribution in [2.24, 2.45) is 0 Å². The molecule has 4 rings (SSSR count). The van der Waals surface area contributed by atoms with Gasteiger partial charge < -0.3 is 8.94 Å². The largest absolute Gasteiger partial charge is 0.530 e. The summed E-state index contributed by atoms with van der Waals surface area (Å²) in [7, 11) is -4.06. The lowest BCUT2D eigenvalue weighted by Crippen LogP contribution is -2.06. The molecule has 1 aromatic heterocycles. The number of hydrogen-bond acceptors (Lipinski definition) is 6. The highest BCUT2D eigenvalue weighted by molar-refractivity contribution is 7.48. The van der Waals surface area contributed by atoms with Crippen molar-refractivity contribution in [3.8, 4) is 5.75 Å². The first-order valence-corrected chi connectivity index (χ1v) is 12.1. The number of phosphoric acid groups is 1. The van der Waals surface area contributed by atoms with Gasteiger partial charge in [0.05, 0.1) is 13.2 Å². The molecule has 170 valence electrons. The Labute approximate surface area is 196 Å². The van der Waals surface area contributed by atoms with Gasteiger partial charge in [0.25, 0.3) is 0 Å². The van der Waals surface area contributed by atoms with Crippen LogP contribution in [0.1, 0.15) is 22.3 Å². The van der Waals surface area contributed by atoms with Crippen LogP contribution >= 0.6 is 19.4 Å². The van der Waals surface area contributed by atoms with Gasteiger partial charge in [-0.3, -0.25) is 9.05 Å². The molecule has 1 heterocycles. The molecule has 4 aromatic rings. The van der Waals surface area contributed by atoms with Crippen molar-refractivity contribution in [2.75, 3.05) is 0 Å². The Morgan fingerprint density at radius 3 is 1.91 bits per heavy atom. The summed E-state index contributed by atoms with van der Waals surface area (Å²) >= 11 is 6.03. The average Bonchev–Trinajstić information content (AvgIpc) is 2.84. The number of aryl methyl sites for hydroxylation is 2. The van der Waals surface area contributed by atoms with Crippen LogP contribution in [0.5, 0.6) is 5.75 Å². The fraction of sp³-hybridized carbons (Fsp3) is 0.160. The molecule has 0 aliphatic rings. The van der Waals surface area contributed by atoms with Crippen molar-refractivity contribution in [1.29, 1.82) is 0 Å². The Balaban J connectivity index is 1.65. The molecular weight excluding hydrogens is 463 g/mol. The fourth-order valence-corrected chi connectivity index (χ4v) is 4.65. The molecule has 33 heavy (non-hydrogen) atoms. The van der Waals surface area contributed by atoms with Crippen LogP contribution in [0.2, 0.25) is 5.02 Å². The van der Waals surface area contributed by atoms with Crippen LogP contribution in [-0.2, 0) is 26.8 Å². The van der Waals surface area contributed by atoms with E-state index >= 15 is 0 Å². The molecule has 0 amide bonds. The smallest absolute Gasteiger partial charge is 0.421 e. The van der Waals surface area contributed by atoms with Crippen LogP contribution in [-0.4, -0.2) is 0 Å². The Hall–Kier alpha value is -2.89. The van der Waals surface area contributed by atoms with E-state index in [4.69, 9.17) is 29.6 Å². The Bertz CT molecular complexity index is 1320. The summed E-state index contributed by atoms with van der Waals surface area (Å²) < 4.78 is 36.2. The molecule has 0 N–H and O–H groups in total. The minimum absolute atomic E-state index is 0.0265. The van der Waals surface area contributed by atoms with Gasteiger partial charge in [0.1, 0.15) is 16.4 Å². The van der Waals surface area contributed by atoms with Gasteiger partial charge in [-0.1, -0.05) is 72.3 Å². The fourth-order valence-electron chi connectivity index (χ4n) is 3.27. The van der Waals surface area contributed by atoms with Gasteiger partial charge in [0.2, 0.25) is 0 Å². The molecule has 3 aromatic carbocycles. The minimum atomic E-state index is -4.06. The summed E-state index contributed by atoms with van der Waals surface area (Å²) in [5.74, 6) is 0.219. The maximum atomic E-state index is 13.6. The van der Waals surface area contributed by atoms with E-state index in [1.165, 1.54) is 0 Å². The second-order valence-corrected chi connectivity index (χ2v) is 9.42. The van der Waals surface area contributed by atoms with E-state index in [9.17, 15) is 9.36 Å². The third-order valence-corrected chi connectivity index (χ3v) is 6.89. The molecule has 8 heteroatoms. The molecule has 0 spiro atoms. The predicted molar refractivity (Wildman–Crippen MR) is 128 cm³/mol. The van der Waals surface area contributed by atoms with E-state index in [1.54, 1.807) is 26.0 Å². The van der Waals surface area contributed by atoms with Crippen LogP contribution in [0.25, 0.3) is 11.0 Å². The Morgan fingerprint density at radius 1 is 0.818 bits per heavy atom. The first-order valence-electron chi connectivity index (χ1n) is 10.3. The molecule has 0 unspecified atom stereocenters. The summed E-state index contributed by atoms with van der Waals surface area (Å²) in [5, 5.41) is 0.688. The monoisotopic (exact) mass is 484 g/mol. The van der Waals surface area contributed by atoms with Crippen molar-refractivity contribution < 1.29 is 22.6 Å². The summed E-state index contributed by atoms with van der Waals surface area (Å²) in [5.41, 5.74) is 2.37. The first-order chi connectivity index (χ1) is 15.9. The summed E-state index contributed by atoms with van der Waals surface area (Å²) in [6.07, 6.45) is 0. The van der Waals surface area contributed by atoms with E-state index in [1.807, 2.05) is 60.7 Å².